The Morgan fingerprint density at radius 3 is 2.60 bits per heavy atom. The molecule has 0 spiro atoms. The monoisotopic (exact) mass is 138 g/mol. The van der Waals surface area contributed by atoms with E-state index in [2.05, 4.69) is 0 Å². The summed E-state index contributed by atoms with van der Waals surface area (Å²) in [5.74, 6) is 0. The van der Waals surface area contributed by atoms with Crippen LogP contribution in [0.4, 0.5) is 0 Å². The Morgan fingerprint density at radius 2 is 2.10 bits per heavy atom. The molecular formula is C9H14O. The van der Waals surface area contributed by atoms with Gasteiger partial charge >= 0.3 is 0 Å². The van der Waals surface area contributed by atoms with Gasteiger partial charge in [-0.1, -0.05) is 36.0 Å². The summed E-state index contributed by atoms with van der Waals surface area (Å²) in [7, 11) is 0. The minimum atomic E-state index is 0.117. The van der Waals surface area contributed by atoms with Crippen molar-refractivity contribution in [1.82, 2.24) is 0 Å². The Labute approximate surface area is 62.4 Å². The highest BCUT2D eigenvalue weighted by Gasteiger charge is 1.75. The third kappa shape index (κ3) is 5.32. The second-order valence-corrected chi connectivity index (χ2v) is 2.02. The lowest BCUT2D eigenvalue weighted by Gasteiger charge is -1.86. The zero-order valence-corrected chi connectivity index (χ0v) is 6.54. The largest absolute Gasteiger partial charge is 0.392 e. The van der Waals surface area contributed by atoms with Gasteiger partial charge in [0.2, 0.25) is 0 Å². The Morgan fingerprint density at radius 1 is 1.40 bits per heavy atom. The number of hydrogen-bond donors (Lipinski definition) is 1. The Bertz CT molecular complexity index is 152. The average Bonchev–Trinajstić information content (AvgIpc) is 1.89. The summed E-state index contributed by atoms with van der Waals surface area (Å²) in [4.78, 5) is 0. The molecule has 0 saturated heterocycles. The fourth-order valence-corrected chi connectivity index (χ4v) is 0.530. The van der Waals surface area contributed by atoms with Crippen molar-refractivity contribution in [3.63, 3.8) is 0 Å². The highest BCUT2D eigenvalue weighted by atomic mass is 16.2. The summed E-state index contributed by atoms with van der Waals surface area (Å²) in [5, 5.41) is 8.46. The maximum absolute atomic E-state index is 8.46. The third-order valence-electron chi connectivity index (χ3n) is 1.08. The van der Waals surface area contributed by atoms with E-state index in [9.17, 15) is 0 Å². The molecule has 0 aliphatic heterocycles. The lowest BCUT2D eigenvalue weighted by Crippen LogP contribution is -1.74. The first-order valence-electron chi connectivity index (χ1n) is 3.38. The van der Waals surface area contributed by atoms with Crippen LogP contribution >= 0.6 is 0 Å². The van der Waals surface area contributed by atoms with Gasteiger partial charge < -0.3 is 5.11 Å². The molecule has 0 heterocycles. The molecular weight excluding hydrogens is 124 g/mol. The highest BCUT2D eigenvalue weighted by Crippen LogP contribution is 1.93. The SMILES string of the molecule is CC=CC=CC(C)=CCO. The first-order valence-corrected chi connectivity index (χ1v) is 3.38. The van der Waals surface area contributed by atoms with Gasteiger partial charge in [-0.3, -0.25) is 0 Å². The Kier molecular flexibility index (Phi) is 5.79. The molecule has 0 radical (unpaired) electrons. The second kappa shape index (κ2) is 6.30. The van der Waals surface area contributed by atoms with Crippen molar-refractivity contribution in [1.29, 1.82) is 0 Å². The molecule has 0 bridgehead atoms. The van der Waals surface area contributed by atoms with Crippen molar-refractivity contribution in [2.24, 2.45) is 0 Å². The van der Waals surface area contributed by atoms with Crippen molar-refractivity contribution in [2.75, 3.05) is 6.61 Å². The van der Waals surface area contributed by atoms with Crippen LogP contribution in [0, 0.1) is 0 Å². The molecule has 0 aliphatic carbocycles. The molecule has 0 rings (SSSR count). The van der Waals surface area contributed by atoms with E-state index in [4.69, 9.17) is 5.11 Å². The van der Waals surface area contributed by atoms with Crippen LogP contribution in [0.2, 0.25) is 0 Å². The van der Waals surface area contributed by atoms with Crippen molar-refractivity contribution in [3.8, 4) is 0 Å². The fourth-order valence-electron chi connectivity index (χ4n) is 0.530. The number of rotatable bonds is 3. The van der Waals surface area contributed by atoms with E-state index in [1.807, 2.05) is 38.2 Å². The van der Waals surface area contributed by atoms with Crippen LogP contribution in [0.1, 0.15) is 13.8 Å². The normalized spacial score (nSPS) is 13.7. The lowest BCUT2D eigenvalue weighted by atomic mass is 10.2. The number of aliphatic hydroxyl groups excluding tert-OH is 1. The van der Waals surface area contributed by atoms with E-state index in [1.165, 1.54) is 0 Å². The molecule has 1 heteroatoms. The number of aliphatic hydroxyl groups is 1. The molecule has 0 aromatic rings. The van der Waals surface area contributed by atoms with Crippen LogP contribution in [0.15, 0.2) is 36.0 Å². The van der Waals surface area contributed by atoms with Crippen LogP contribution < -0.4 is 0 Å². The van der Waals surface area contributed by atoms with E-state index in [-0.39, 0.29) is 6.61 Å². The smallest absolute Gasteiger partial charge is 0.0617 e. The number of allylic oxidation sites excluding steroid dienone is 5. The summed E-state index contributed by atoms with van der Waals surface area (Å²) in [6.07, 6.45) is 9.58. The van der Waals surface area contributed by atoms with E-state index >= 15 is 0 Å². The van der Waals surface area contributed by atoms with E-state index < -0.39 is 0 Å². The molecule has 1 N–H and O–H groups in total. The molecule has 0 aliphatic rings. The lowest BCUT2D eigenvalue weighted by molar-refractivity contribution is 0.342. The minimum absolute atomic E-state index is 0.117. The van der Waals surface area contributed by atoms with Gasteiger partial charge in [0.1, 0.15) is 0 Å². The zero-order valence-electron chi connectivity index (χ0n) is 6.54. The van der Waals surface area contributed by atoms with Gasteiger partial charge in [-0.2, -0.15) is 0 Å². The van der Waals surface area contributed by atoms with Crippen molar-refractivity contribution in [2.45, 2.75) is 13.8 Å². The van der Waals surface area contributed by atoms with Crippen LogP contribution in [0.5, 0.6) is 0 Å². The molecule has 1 nitrogen and oxygen atoms in total. The first-order chi connectivity index (χ1) is 4.81. The van der Waals surface area contributed by atoms with Gasteiger partial charge in [0.15, 0.2) is 0 Å². The summed E-state index contributed by atoms with van der Waals surface area (Å²) < 4.78 is 0. The summed E-state index contributed by atoms with van der Waals surface area (Å²) >= 11 is 0. The summed E-state index contributed by atoms with van der Waals surface area (Å²) in [6.45, 7) is 4.04. The topological polar surface area (TPSA) is 20.2 Å². The van der Waals surface area contributed by atoms with Crippen LogP contribution in [-0.4, -0.2) is 11.7 Å². The Hall–Kier alpha value is -0.820. The van der Waals surface area contributed by atoms with Crippen LogP contribution in [0.25, 0.3) is 0 Å². The number of hydrogen-bond acceptors (Lipinski definition) is 1. The van der Waals surface area contributed by atoms with Gasteiger partial charge in [-0.05, 0) is 13.8 Å². The molecule has 0 fully saturated rings. The standard InChI is InChI=1S/C9H14O/c1-3-4-5-6-9(2)7-8-10/h3-7,10H,8H2,1-2H3. The molecule has 0 amide bonds. The molecule has 56 valence electrons. The van der Waals surface area contributed by atoms with Crippen molar-refractivity contribution < 1.29 is 5.11 Å². The molecule has 0 atom stereocenters. The van der Waals surface area contributed by atoms with Gasteiger partial charge in [-0.25, -0.2) is 0 Å². The average molecular weight is 138 g/mol. The van der Waals surface area contributed by atoms with Gasteiger partial charge in [0.05, 0.1) is 6.61 Å². The first kappa shape index (κ1) is 9.18. The van der Waals surface area contributed by atoms with Crippen LogP contribution in [-0.2, 0) is 0 Å². The molecule has 0 aromatic carbocycles. The van der Waals surface area contributed by atoms with Crippen molar-refractivity contribution >= 4 is 0 Å². The highest BCUT2D eigenvalue weighted by molar-refractivity contribution is 5.19. The third-order valence-corrected chi connectivity index (χ3v) is 1.08. The molecule has 0 aromatic heterocycles. The predicted octanol–water partition coefficient (Wildman–Crippen LogP) is 2.06. The molecule has 10 heavy (non-hydrogen) atoms. The fraction of sp³-hybridized carbons (Fsp3) is 0.333. The van der Waals surface area contributed by atoms with Gasteiger partial charge in [-0.15, -0.1) is 0 Å². The van der Waals surface area contributed by atoms with Gasteiger partial charge in [0, 0.05) is 0 Å². The quantitative estimate of drug-likeness (QED) is 0.592. The van der Waals surface area contributed by atoms with Crippen LogP contribution in [0.3, 0.4) is 0 Å². The molecule has 0 saturated carbocycles. The van der Waals surface area contributed by atoms with E-state index in [1.54, 1.807) is 6.08 Å². The van der Waals surface area contributed by atoms with Gasteiger partial charge in [0.25, 0.3) is 0 Å². The zero-order chi connectivity index (χ0) is 7.82. The molecule has 0 unspecified atom stereocenters. The summed E-state index contributed by atoms with van der Waals surface area (Å²) in [5.41, 5.74) is 1.08. The Balaban J connectivity index is 3.76. The predicted molar refractivity (Wildman–Crippen MR) is 44.8 cm³/mol. The van der Waals surface area contributed by atoms with E-state index in [0.29, 0.717) is 0 Å². The second-order valence-electron chi connectivity index (χ2n) is 2.02. The maximum atomic E-state index is 8.46. The van der Waals surface area contributed by atoms with E-state index in [0.717, 1.165) is 5.57 Å². The van der Waals surface area contributed by atoms with Crippen molar-refractivity contribution in [3.05, 3.63) is 36.0 Å². The summed E-state index contributed by atoms with van der Waals surface area (Å²) in [6, 6.07) is 0. The maximum Gasteiger partial charge on any atom is 0.0617 e. The minimum Gasteiger partial charge on any atom is -0.392 e.